The summed E-state index contributed by atoms with van der Waals surface area (Å²) in [5.41, 5.74) is 0. The smallest absolute Gasteiger partial charge is 0.246 e. The maximum Gasteiger partial charge on any atom is 0.246 e. The van der Waals surface area contributed by atoms with Crippen LogP contribution >= 0.6 is 0 Å². The van der Waals surface area contributed by atoms with Crippen LogP contribution in [0.5, 0.6) is 0 Å². The van der Waals surface area contributed by atoms with Crippen molar-refractivity contribution in [2.45, 2.75) is 49.5 Å². The molecule has 0 bridgehead atoms. The summed E-state index contributed by atoms with van der Waals surface area (Å²) in [6.45, 7) is 2.73. The molecule has 2 fully saturated rings. The molecule has 1 aliphatic heterocycles. The summed E-state index contributed by atoms with van der Waals surface area (Å²) >= 11 is 0. The first-order valence-corrected chi connectivity index (χ1v) is 10.1. The Kier molecular flexibility index (Phi) is 5.52. The third-order valence-electron chi connectivity index (χ3n) is 5.09. The summed E-state index contributed by atoms with van der Waals surface area (Å²) in [7, 11) is -4.18. The van der Waals surface area contributed by atoms with E-state index in [1.165, 1.54) is 25.7 Å². The molecule has 1 saturated heterocycles. The highest BCUT2D eigenvalue weighted by Gasteiger charge is 2.29. The number of benzene rings is 1. The van der Waals surface area contributed by atoms with E-state index in [1.807, 2.05) is 0 Å². The number of likely N-dealkylation sites (tertiary alicyclic amines) is 1. The fourth-order valence-corrected chi connectivity index (χ4v) is 5.25. The van der Waals surface area contributed by atoms with Gasteiger partial charge in [0.25, 0.3) is 0 Å². The number of hydrogen-bond donors (Lipinski definition) is 1. The van der Waals surface area contributed by atoms with Gasteiger partial charge in [0.15, 0.2) is 4.90 Å². The van der Waals surface area contributed by atoms with Crippen LogP contribution in [0.3, 0.4) is 0 Å². The van der Waals surface area contributed by atoms with Crippen molar-refractivity contribution >= 4 is 10.0 Å². The Morgan fingerprint density at radius 2 is 1.62 bits per heavy atom. The Bertz CT molecular complexity index is 647. The molecule has 3 rings (SSSR count). The van der Waals surface area contributed by atoms with Crippen LogP contribution < -0.4 is 4.72 Å². The maximum absolute atomic E-state index is 13.7. The molecule has 0 aromatic heterocycles. The van der Waals surface area contributed by atoms with Gasteiger partial charge in [0.2, 0.25) is 10.0 Å². The Hall–Kier alpha value is -1.05. The van der Waals surface area contributed by atoms with Crippen molar-refractivity contribution in [3.8, 4) is 0 Å². The lowest BCUT2D eigenvalue weighted by Crippen LogP contribution is -2.45. The van der Waals surface area contributed by atoms with Crippen molar-refractivity contribution in [2.24, 2.45) is 5.92 Å². The Morgan fingerprint density at radius 3 is 2.21 bits per heavy atom. The highest BCUT2D eigenvalue weighted by Crippen LogP contribution is 2.27. The first-order valence-electron chi connectivity index (χ1n) is 8.64. The molecule has 1 aliphatic carbocycles. The lowest BCUT2D eigenvalue weighted by Gasteiger charge is -2.33. The highest BCUT2D eigenvalue weighted by molar-refractivity contribution is 7.89. The molecule has 0 unspecified atom stereocenters. The molecule has 24 heavy (non-hydrogen) atoms. The van der Waals surface area contributed by atoms with Gasteiger partial charge in [0.1, 0.15) is 11.6 Å². The molecule has 7 heteroatoms. The van der Waals surface area contributed by atoms with Crippen molar-refractivity contribution in [1.82, 2.24) is 9.62 Å². The zero-order chi connectivity index (χ0) is 17.2. The van der Waals surface area contributed by atoms with E-state index >= 15 is 0 Å². The summed E-state index contributed by atoms with van der Waals surface area (Å²) in [6, 6.07) is 2.81. The molecular weight excluding hydrogens is 334 g/mol. The van der Waals surface area contributed by atoms with Crippen LogP contribution in [0.4, 0.5) is 8.78 Å². The fraction of sp³-hybridized carbons (Fsp3) is 0.647. The van der Waals surface area contributed by atoms with Gasteiger partial charge < -0.3 is 4.90 Å². The summed E-state index contributed by atoms with van der Waals surface area (Å²) in [4.78, 5) is 1.50. The molecule has 134 valence electrons. The Morgan fingerprint density at radius 1 is 1.04 bits per heavy atom. The number of sulfonamides is 1. The molecule has 0 atom stereocenters. The number of nitrogens with one attached hydrogen (secondary N) is 1. The zero-order valence-corrected chi connectivity index (χ0v) is 14.5. The van der Waals surface area contributed by atoms with Crippen LogP contribution in [0.15, 0.2) is 23.1 Å². The van der Waals surface area contributed by atoms with E-state index in [4.69, 9.17) is 0 Å². The lowest BCUT2D eigenvalue weighted by molar-refractivity contribution is 0.180. The molecule has 0 amide bonds. The van der Waals surface area contributed by atoms with Gasteiger partial charge >= 0.3 is 0 Å². The minimum atomic E-state index is -4.18. The average Bonchev–Trinajstić information content (AvgIpc) is 3.01. The molecule has 1 aromatic rings. The monoisotopic (exact) mass is 358 g/mol. The van der Waals surface area contributed by atoms with Gasteiger partial charge in [0.05, 0.1) is 0 Å². The van der Waals surface area contributed by atoms with Gasteiger partial charge in [-0.3, -0.25) is 0 Å². The third kappa shape index (κ3) is 4.13. The average molecular weight is 358 g/mol. The summed E-state index contributed by atoms with van der Waals surface area (Å²) in [6.07, 6.45) is 6.55. The van der Waals surface area contributed by atoms with Crippen molar-refractivity contribution in [2.75, 3.05) is 19.6 Å². The van der Waals surface area contributed by atoms with E-state index in [0.717, 1.165) is 43.8 Å². The van der Waals surface area contributed by atoms with E-state index in [9.17, 15) is 17.2 Å². The summed E-state index contributed by atoms with van der Waals surface area (Å²) in [5.74, 6) is -1.34. The van der Waals surface area contributed by atoms with Crippen molar-refractivity contribution in [1.29, 1.82) is 0 Å². The topological polar surface area (TPSA) is 49.4 Å². The number of rotatable bonds is 5. The van der Waals surface area contributed by atoms with Crippen molar-refractivity contribution in [3.05, 3.63) is 29.8 Å². The number of nitrogens with zero attached hydrogens (tertiary/aromatic N) is 1. The predicted octanol–water partition coefficient (Wildman–Crippen LogP) is 2.90. The molecule has 1 heterocycles. The molecular formula is C17H24F2N2O2S. The van der Waals surface area contributed by atoms with Crippen LogP contribution in [-0.4, -0.2) is 39.0 Å². The van der Waals surface area contributed by atoms with Gasteiger partial charge in [-0.2, -0.15) is 0 Å². The number of piperidine rings is 1. The first kappa shape index (κ1) is 17.8. The molecule has 1 N–H and O–H groups in total. The lowest BCUT2D eigenvalue weighted by atomic mass is 10.0. The van der Waals surface area contributed by atoms with Crippen LogP contribution in [0.25, 0.3) is 0 Å². The minimum Gasteiger partial charge on any atom is -0.303 e. The summed E-state index contributed by atoms with van der Waals surface area (Å²) in [5, 5.41) is 0. The van der Waals surface area contributed by atoms with Gasteiger partial charge in [-0.15, -0.1) is 0 Å². The molecule has 0 radical (unpaired) electrons. The fourth-order valence-electron chi connectivity index (χ4n) is 3.81. The molecule has 1 aromatic carbocycles. The number of halogens is 2. The van der Waals surface area contributed by atoms with Gasteiger partial charge in [-0.05, 0) is 56.8 Å². The maximum atomic E-state index is 13.7. The van der Waals surface area contributed by atoms with Crippen LogP contribution in [0.2, 0.25) is 0 Å². The highest BCUT2D eigenvalue weighted by atomic mass is 32.2. The van der Waals surface area contributed by atoms with E-state index in [0.29, 0.717) is 12.8 Å². The standard InChI is InChI=1S/C17H24F2N2O2S/c18-15-6-3-7-16(19)17(15)24(22,23)20-14-8-10-21(11-9-14)12-13-4-1-2-5-13/h3,6-7,13-14,20H,1-2,4-5,8-12H2. The molecule has 1 saturated carbocycles. The van der Waals surface area contributed by atoms with E-state index in [1.54, 1.807) is 0 Å². The second-order valence-corrected chi connectivity index (χ2v) is 8.55. The second-order valence-electron chi connectivity index (χ2n) is 6.90. The molecule has 4 nitrogen and oxygen atoms in total. The largest absolute Gasteiger partial charge is 0.303 e. The second kappa shape index (κ2) is 7.45. The van der Waals surface area contributed by atoms with Crippen LogP contribution in [0.1, 0.15) is 38.5 Å². The van der Waals surface area contributed by atoms with Gasteiger partial charge in [-0.1, -0.05) is 18.9 Å². The molecule has 2 aliphatic rings. The molecule has 0 spiro atoms. The Balaban J connectivity index is 1.57. The quantitative estimate of drug-likeness (QED) is 0.880. The number of hydrogen-bond acceptors (Lipinski definition) is 3. The minimum absolute atomic E-state index is 0.270. The van der Waals surface area contributed by atoms with E-state index in [2.05, 4.69) is 9.62 Å². The first-order chi connectivity index (χ1) is 11.5. The predicted molar refractivity (Wildman–Crippen MR) is 88.1 cm³/mol. The van der Waals surface area contributed by atoms with Crippen molar-refractivity contribution < 1.29 is 17.2 Å². The van der Waals surface area contributed by atoms with Crippen LogP contribution in [0, 0.1) is 17.6 Å². The SMILES string of the molecule is O=S(=O)(NC1CCN(CC2CCCC2)CC1)c1c(F)cccc1F. The van der Waals surface area contributed by atoms with Gasteiger partial charge in [-0.25, -0.2) is 21.9 Å². The normalized spacial score (nSPS) is 21.4. The van der Waals surface area contributed by atoms with Gasteiger partial charge in [0, 0.05) is 12.6 Å². The van der Waals surface area contributed by atoms with E-state index in [-0.39, 0.29) is 6.04 Å². The Labute approximate surface area is 142 Å². The van der Waals surface area contributed by atoms with Crippen molar-refractivity contribution in [3.63, 3.8) is 0 Å². The summed E-state index contributed by atoms with van der Waals surface area (Å²) < 4.78 is 54.5. The zero-order valence-electron chi connectivity index (χ0n) is 13.7. The third-order valence-corrected chi connectivity index (χ3v) is 6.66. The van der Waals surface area contributed by atoms with Crippen LogP contribution in [-0.2, 0) is 10.0 Å². The van der Waals surface area contributed by atoms with E-state index < -0.39 is 26.6 Å².